The van der Waals surface area contributed by atoms with Gasteiger partial charge in [0.2, 0.25) is 5.88 Å². The molecular formula is C14H25N3O2. The van der Waals surface area contributed by atoms with E-state index in [1.807, 2.05) is 7.05 Å². The molecule has 0 atom stereocenters. The van der Waals surface area contributed by atoms with Gasteiger partial charge in [-0.3, -0.25) is 0 Å². The summed E-state index contributed by atoms with van der Waals surface area (Å²) in [6.45, 7) is 8.25. The summed E-state index contributed by atoms with van der Waals surface area (Å²) in [6, 6.07) is 0. The van der Waals surface area contributed by atoms with E-state index in [1.54, 1.807) is 0 Å². The number of aromatic nitrogens is 2. The molecule has 0 aliphatic carbocycles. The van der Waals surface area contributed by atoms with Crippen molar-refractivity contribution in [3.63, 3.8) is 0 Å². The molecule has 0 aromatic carbocycles. The van der Waals surface area contributed by atoms with Gasteiger partial charge in [-0.1, -0.05) is 27.2 Å². The van der Waals surface area contributed by atoms with Gasteiger partial charge in [0.25, 0.3) is 0 Å². The molecule has 1 aromatic heterocycles. The molecule has 0 fully saturated rings. The summed E-state index contributed by atoms with van der Waals surface area (Å²) in [4.78, 5) is 8.42. The van der Waals surface area contributed by atoms with Crippen molar-refractivity contribution < 1.29 is 9.47 Å². The Kier molecular flexibility index (Phi) is 7.18. The molecule has 0 radical (unpaired) electrons. The van der Waals surface area contributed by atoms with E-state index < -0.39 is 0 Å². The minimum absolute atomic E-state index is 0.517. The lowest BCUT2D eigenvalue weighted by Crippen LogP contribution is -2.12. The Morgan fingerprint density at radius 2 is 2.05 bits per heavy atom. The number of nitrogens with zero attached hydrogens (tertiary/aromatic N) is 2. The van der Waals surface area contributed by atoms with Crippen molar-refractivity contribution in [3.8, 4) is 5.88 Å². The minimum Gasteiger partial charge on any atom is -0.475 e. The van der Waals surface area contributed by atoms with Crippen molar-refractivity contribution in [1.29, 1.82) is 0 Å². The largest absolute Gasteiger partial charge is 0.475 e. The predicted molar refractivity (Wildman–Crippen MR) is 76.7 cm³/mol. The van der Waals surface area contributed by atoms with Crippen LogP contribution >= 0.6 is 0 Å². The van der Waals surface area contributed by atoms with Crippen LogP contribution in [0.25, 0.3) is 0 Å². The Morgan fingerprint density at radius 3 is 2.68 bits per heavy atom. The van der Waals surface area contributed by atoms with E-state index in [-0.39, 0.29) is 0 Å². The molecule has 0 aliphatic rings. The van der Waals surface area contributed by atoms with E-state index in [4.69, 9.17) is 9.47 Å². The SMILES string of the molecule is CCCc1c(NC)ncnc1OCCOCC(C)C. The highest BCUT2D eigenvalue weighted by Gasteiger charge is 2.10. The normalized spacial score (nSPS) is 10.8. The van der Waals surface area contributed by atoms with Gasteiger partial charge in [0, 0.05) is 13.7 Å². The van der Waals surface area contributed by atoms with Gasteiger partial charge in [-0.2, -0.15) is 0 Å². The fraction of sp³-hybridized carbons (Fsp3) is 0.714. The van der Waals surface area contributed by atoms with Gasteiger partial charge in [-0.15, -0.1) is 0 Å². The lowest BCUT2D eigenvalue weighted by atomic mass is 10.2. The summed E-state index contributed by atoms with van der Waals surface area (Å²) in [6.07, 6.45) is 3.46. The molecule has 1 aromatic rings. The summed E-state index contributed by atoms with van der Waals surface area (Å²) >= 11 is 0. The van der Waals surface area contributed by atoms with Crippen LogP contribution in [-0.2, 0) is 11.2 Å². The van der Waals surface area contributed by atoms with Crippen molar-refractivity contribution in [1.82, 2.24) is 9.97 Å². The molecule has 1 rings (SSSR count). The molecular weight excluding hydrogens is 242 g/mol. The highest BCUT2D eigenvalue weighted by atomic mass is 16.5. The van der Waals surface area contributed by atoms with Crippen LogP contribution in [-0.4, -0.2) is 36.8 Å². The average molecular weight is 267 g/mol. The number of anilines is 1. The smallest absolute Gasteiger partial charge is 0.221 e. The molecule has 5 nitrogen and oxygen atoms in total. The van der Waals surface area contributed by atoms with E-state index in [9.17, 15) is 0 Å². The zero-order valence-corrected chi connectivity index (χ0v) is 12.4. The Balaban J connectivity index is 2.52. The first-order valence-corrected chi connectivity index (χ1v) is 6.91. The molecule has 19 heavy (non-hydrogen) atoms. The Hall–Kier alpha value is -1.36. The van der Waals surface area contributed by atoms with E-state index >= 15 is 0 Å². The number of rotatable bonds is 9. The van der Waals surface area contributed by atoms with Crippen molar-refractivity contribution in [3.05, 3.63) is 11.9 Å². The van der Waals surface area contributed by atoms with Crippen LogP contribution in [0.15, 0.2) is 6.33 Å². The topological polar surface area (TPSA) is 56.3 Å². The van der Waals surface area contributed by atoms with Gasteiger partial charge >= 0.3 is 0 Å². The number of hydrogen-bond donors (Lipinski definition) is 1. The maximum atomic E-state index is 5.70. The standard InChI is InChI=1S/C14H25N3O2/c1-5-6-12-13(15-4)16-10-17-14(12)19-8-7-18-9-11(2)3/h10-11H,5-9H2,1-4H3,(H,15,16,17). The van der Waals surface area contributed by atoms with Crippen molar-refractivity contribution in [2.24, 2.45) is 5.92 Å². The summed E-state index contributed by atoms with van der Waals surface area (Å²) in [5.41, 5.74) is 1.04. The van der Waals surface area contributed by atoms with Crippen LogP contribution in [0.4, 0.5) is 5.82 Å². The van der Waals surface area contributed by atoms with Gasteiger partial charge < -0.3 is 14.8 Å². The summed E-state index contributed by atoms with van der Waals surface area (Å²) in [5, 5.41) is 3.07. The first-order valence-electron chi connectivity index (χ1n) is 6.91. The Labute approximate surface area is 115 Å². The van der Waals surface area contributed by atoms with Crippen molar-refractivity contribution in [2.75, 3.05) is 32.2 Å². The van der Waals surface area contributed by atoms with Gasteiger partial charge in [0.05, 0.1) is 12.2 Å². The molecule has 0 bridgehead atoms. The molecule has 0 amide bonds. The third-order valence-electron chi connectivity index (χ3n) is 2.56. The molecule has 0 saturated heterocycles. The fourth-order valence-electron chi connectivity index (χ4n) is 1.73. The Bertz CT molecular complexity index is 370. The van der Waals surface area contributed by atoms with E-state index in [0.29, 0.717) is 25.0 Å². The monoisotopic (exact) mass is 267 g/mol. The van der Waals surface area contributed by atoms with Gasteiger partial charge in [0.1, 0.15) is 18.8 Å². The number of hydrogen-bond acceptors (Lipinski definition) is 5. The van der Waals surface area contributed by atoms with Crippen molar-refractivity contribution >= 4 is 5.82 Å². The van der Waals surface area contributed by atoms with Gasteiger partial charge in [0.15, 0.2) is 0 Å². The van der Waals surface area contributed by atoms with E-state index in [2.05, 4.69) is 36.1 Å². The number of ether oxygens (including phenoxy) is 2. The zero-order valence-electron chi connectivity index (χ0n) is 12.4. The van der Waals surface area contributed by atoms with Crippen LogP contribution in [0.3, 0.4) is 0 Å². The number of nitrogens with one attached hydrogen (secondary N) is 1. The van der Waals surface area contributed by atoms with E-state index in [0.717, 1.165) is 30.8 Å². The molecule has 0 saturated carbocycles. The third kappa shape index (κ3) is 5.42. The zero-order chi connectivity index (χ0) is 14.1. The molecule has 1 N–H and O–H groups in total. The van der Waals surface area contributed by atoms with Gasteiger partial charge in [-0.05, 0) is 12.3 Å². The summed E-state index contributed by atoms with van der Waals surface area (Å²) < 4.78 is 11.2. The molecule has 0 unspecified atom stereocenters. The average Bonchev–Trinajstić information content (AvgIpc) is 2.39. The molecule has 108 valence electrons. The van der Waals surface area contributed by atoms with Crippen LogP contribution in [0, 0.1) is 5.92 Å². The molecule has 5 heteroatoms. The summed E-state index contributed by atoms with van der Waals surface area (Å²) in [7, 11) is 1.86. The van der Waals surface area contributed by atoms with E-state index in [1.165, 1.54) is 6.33 Å². The second-order valence-corrected chi connectivity index (χ2v) is 4.82. The Morgan fingerprint density at radius 1 is 1.26 bits per heavy atom. The fourth-order valence-corrected chi connectivity index (χ4v) is 1.73. The lowest BCUT2D eigenvalue weighted by Gasteiger charge is -2.13. The maximum Gasteiger partial charge on any atom is 0.221 e. The highest BCUT2D eigenvalue weighted by Crippen LogP contribution is 2.23. The first kappa shape index (κ1) is 15.7. The van der Waals surface area contributed by atoms with Crippen LogP contribution in [0.5, 0.6) is 5.88 Å². The second-order valence-electron chi connectivity index (χ2n) is 4.82. The van der Waals surface area contributed by atoms with Gasteiger partial charge in [-0.25, -0.2) is 9.97 Å². The second kappa shape index (κ2) is 8.69. The van der Waals surface area contributed by atoms with Crippen LogP contribution in [0.1, 0.15) is 32.8 Å². The maximum absolute atomic E-state index is 5.70. The highest BCUT2D eigenvalue weighted by molar-refractivity contribution is 5.48. The minimum atomic E-state index is 0.517. The molecule has 1 heterocycles. The molecule has 0 aliphatic heterocycles. The first-order chi connectivity index (χ1) is 9.19. The summed E-state index contributed by atoms with van der Waals surface area (Å²) in [5.74, 6) is 2.05. The quantitative estimate of drug-likeness (QED) is 0.697. The predicted octanol–water partition coefficient (Wildman–Crippen LogP) is 2.52. The lowest BCUT2D eigenvalue weighted by molar-refractivity contribution is 0.0803. The third-order valence-corrected chi connectivity index (χ3v) is 2.56. The van der Waals surface area contributed by atoms with Crippen LogP contribution < -0.4 is 10.1 Å². The molecule has 0 spiro atoms. The van der Waals surface area contributed by atoms with Crippen molar-refractivity contribution in [2.45, 2.75) is 33.6 Å². The van der Waals surface area contributed by atoms with Crippen LogP contribution in [0.2, 0.25) is 0 Å².